The predicted molar refractivity (Wildman–Crippen MR) is 175 cm³/mol. The molecule has 40 heavy (non-hydrogen) atoms. The van der Waals surface area contributed by atoms with Crippen molar-refractivity contribution in [1.82, 2.24) is 5.32 Å². The van der Waals surface area contributed by atoms with E-state index in [1.165, 1.54) is 154 Å². The van der Waals surface area contributed by atoms with E-state index >= 15 is 0 Å². The third-order valence-corrected chi connectivity index (χ3v) is 8.62. The van der Waals surface area contributed by atoms with Gasteiger partial charge in [0, 0.05) is 6.42 Å². The fourth-order valence-corrected chi connectivity index (χ4v) is 5.77. The molecule has 0 aliphatic heterocycles. The van der Waals surface area contributed by atoms with Gasteiger partial charge in [-0.3, -0.25) is 4.79 Å². The summed E-state index contributed by atoms with van der Waals surface area (Å²) in [5, 5.41) is 22.8. The molecule has 1 amide bonds. The van der Waals surface area contributed by atoms with E-state index in [4.69, 9.17) is 0 Å². The van der Waals surface area contributed by atoms with Gasteiger partial charge < -0.3 is 15.5 Å². The minimum absolute atomic E-state index is 0.0320. The number of carbonyl (C=O) groups is 1. The van der Waals surface area contributed by atoms with Crippen LogP contribution < -0.4 is 5.32 Å². The highest BCUT2D eigenvalue weighted by molar-refractivity contribution is 5.76. The summed E-state index contributed by atoms with van der Waals surface area (Å²) in [6.07, 6.45) is 37.5. The van der Waals surface area contributed by atoms with Crippen LogP contribution in [0.2, 0.25) is 0 Å². The quantitative estimate of drug-likeness (QED) is 0.0691. The van der Waals surface area contributed by atoms with Crippen molar-refractivity contribution in [1.29, 1.82) is 0 Å². The second kappa shape index (κ2) is 32.9. The van der Waals surface area contributed by atoms with Crippen LogP contribution in [0.15, 0.2) is 0 Å². The van der Waals surface area contributed by atoms with Crippen LogP contribution >= 0.6 is 0 Å². The average Bonchev–Trinajstić information content (AvgIpc) is 2.96. The molecule has 0 bridgehead atoms. The third-order valence-electron chi connectivity index (χ3n) is 8.62. The number of unbranched alkanes of at least 4 members (excludes halogenated alkanes) is 26. The van der Waals surface area contributed by atoms with E-state index in [-0.39, 0.29) is 12.5 Å². The Kier molecular flexibility index (Phi) is 32.4. The van der Waals surface area contributed by atoms with E-state index in [0.717, 1.165) is 25.7 Å². The minimum Gasteiger partial charge on any atom is -0.394 e. The molecule has 0 saturated carbocycles. The van der Waals surface area contributed by atoms with Crippen molar-refractivity contribution in [3.63, 3.8) is 0 Å². The monoisotopic (exact) mass is 568 g/mol. The maximum Gasteiger partial charge on any atom is 0.220 e. The molecule has 4 heteroatoms. The second-order valence-electron chi connectivity index (χ2n) is 12.7. The molecule has 3 N–H and O–H groups in total. The highest BCUT2D eigenvalue weighted by Crippen LogP contribution is 2.16. The van der Waals surface area contributed by atoms with Crippen LogP contribution in [0.3, 0.4) is 0 Å². The van der Waals surface area contributed by atoms with Crippen molar-refractivity contribution in [3.05, 3.63) is 0 Å². The first kappa shape index (κ1) is 39.4. The Morgan fingerprint density at radius 2 is 0.800 bits per heavy atom. The zero-order valence-electron chi connectivity index (χ0n) is 27.4. The summed E-state index contributed by atoms with van der Waals surface area (Å²) in [7, 11) is 0. The van der Waals surface area contributed by atoms with Crippen LogP contribution in [0, 0.1) is 0 Å². The standard InChI is InChI=1S/C36H73NO3/c1-3-5-7-9-11-12-13-14-15-16-17-18-19-20-21-22-23-24-26-28-30-32-36(40)37-34(33-38)35(39)31-29-27-25-10-8-6-4-2/h34-35,38-39H,3-33H2,1-2H3,(H,37,40). The number of rotatable bonds is 33. The number of aliphatic hydroxyl groups excluding tert-OH is 2. The first-order valence-corrected chi connectivity index (χ1v) is 18.2. The van der Waals surface area contributed by atoms with Gasteiger partial charge in [-0.1, -0.05) is 187 Å². The van der Waals surface area contributed by atoms with Gasteiger partial charge in [0.15, 0.2) is 0 Å². The second-order valence-corrected chi connectivity index (χ2v) is 12.7. The van der Waals surface area contributed by atoms with Gasteiger partial charge >= 0.3 is 0 Å². The van der Waals surface area contributed by atoms with Gasteiger partial charge in [-0.25, -0.2) is 0 Å². The Balaban J connectivity index is 3.42. The number of aliphatic hydroxyl groups is 2. The normalized spacial score (nSPS) is 13.0. The zero-order valence-corrected chi connectivity index (χ0v) is 27.4. The van der Waals surface area contributed by atoms with Crippen molar-refractivity contribution in [2.45, 2.75) is 219 Å². The Hall–Kier alpha value is -0.610. The average molecular weight is 568 g/mol. The van der Waals surface area contributed by atoms with E-state index < -0.39 is 12.1 Å². The molecule has 0 aliphatic rings. The molecule has 4 nitrogen and oxygen atoms in total. The summed E-state index contributed by atoms with van der Waals surface area (Å²) >= 11 is 0. The smallest absolute Gasteiger partial charge is 0.220 e. The number of hydrogen-bond donors (Lipinski definition) is 3. The molecule has 0 fully saturated rings. The maximum atomic E-state index is 12.3. The van der Waals surface area contributed by atoms with Crippen molar-refractivity contribution in [2.24, 2.45) is 0 Å². The summed E-state index contributed by atoms with van der Waals surface area (Å²) in [5.74, 6) is -0.0320. The Morgan fingerprint density at radius 1 is 0.500 bits per heavy atom. The van der Waals surface area contributed by atoms with Gasteiger partial charge in [0.25, 0.3) is 0 Å². The largest absolute Gasteiger partial charge is 0.394 e. The molecule has 0 saturated heterocycles. The molecule has 2 atom stereocenters. The highest BCUT2D eigenvalue weighted by atomic mass is 16.3. The highest BCUT2D eigenvalue weighted by Gasteiger charge is 2.19. The van der Waals surface area contributed by atoms with Gasteiger partial charge in [-0.15, -0.1) is 0 Å². The predicted octanol–water partition coefficient (Wildman–Crippen LogP) is 10.6. The van der Waals surface area contributed by atoms with Gasteiger partial charge in [-0.2, -0.15) is 0 Å². The minimum atomic E-state index is -0.649. The summed E-state index contributed by atoms with van der Waals surface area (Å²) in [6, 6.07) is -0.525. The summed E-state index contributed by atoms with van der Waals surface area (Å²) < 4.78 is 0. The molecule has 0 aliphatic carbocycles. The maximum absolute atomic E-state index is 12.3. The van der Waals surface area contributed by atoms with E-state index in [2.05, 4.69) is 19.2 Å². The SMILES string of the molecule is CCCCCCCCCCCCCCCCCCCCCCCC(=O)NC(CO)C(O)CCCCCCCCC. The van der Waals surface area contributed by atoms with E-state index in [9.17, 15) is 15.0 Å². The van der Waals surface area contributed by atoms with Gasteiger partial charge in [0.05, 0.1) is 18.8 Å². The summed E-state index contributed by atoms with van der Waals surface area (Å²) in [5.41, 5.74) is 0. The molecular formula is C36H73NO3. The molecule has 0 aromatic rings. The molecule has 0 rings (SSSR count). The van der Waals surface area contributed by atoms with E-state index in [1.54, 1.807) is 0 Å². The van der Waals surface area contributed by atoms with Crippen LogP contribution in [0.5, 0.6) is 0 Å². The molecule has 0 radical (unpaired) electrons. The molecule has 0 aromatic carbocycles. The Labute approximate surface area is 251 Å². The van der Waals surface area contributed by atoms with Crippen molar-refractivity contribution in [2.75, 3.05) is 6.61 Å². The van der Waals surface area contributed by atoms with Gasteiger partial charge in [0.2, 0.25) is 5.91 Å². The first-order chi connectivity index (χ1) is 19.7. The van der Waals surface area contributed by atoms with Crippen LogP contribution in [-0.4, -0.2) is 34.9 Å². The lowest BCUT2D eigenvalue weighted by Gasteiger charge is -2.22. The lowest BCUT2D eigenvalue weighted by molar-refractivity contribution is -0.123. The Morgan fingerprint density at radius 3 is 1.12 bits per heavy atom. The van der Waals surface area contributed by atoms with Crippen molar-refractivity contribution < 1.29 is 15.0 Å². The molecule has 0 aromatic heterocycles. The summed E-state index contributed by atoms with van der Waals surface area (Å²) in [6.45, 7) is 4.32. The number of nitrogens with one attached hydrogen (secondary N) is 1. The van der Waals surface area contributed by atoms with Crippen LogP contribution in [0.25, 0.3) is 0 Å². The van der Waals surface area contributed by atoms with Crippen LogP contribution in [0.1, 0.15) is 206 Å². The third kappa shape index (κ3) is 28.9. The number of hydrogen-bond acceptors (Lipinski definition) is 3. The summed E-state index contributed by atoms with van der Waals surface area (Å²) in [4.78, 5) is 12.3. The lowest BCUT2D eigenvalue weighted by Crippen LogP contribution is -2.45. The van der Waals surface area contributed by atoms with Crippen LogP contribution in [-0.2, 0) is 4.79 Å². The molecule has 240 valence electrons. The first-order valence-electron chi connectivity index (χ1n) is 18.2. The fourth-order valence-electron chi connectivity index (χ4n) is 5.77. The zero-order chi connectivity index (χ0) is 29.4. The van der Waals surface area contributed by atoms with Gasteiger partial charge in [0.1, 0.15) is 0 Å². The molecular weight excluding hydrogens is 494 g/mol. The Bertz CT molecular complexity index is 498. The fraction of sp³-hybridized carbons (Fsp3) is 0.972. The van der Waals surface area contributed by atoms with Crippen molar-refractivity contribution >= 4 is 5.91 Å². The lowest BCUT2D eigenvalue weighted by atomic mass is 10.0. The molecule has 0 heterocycles. The number of carbonyl (C=O) groups excluding carboxylic acids is 1. The molecule has 0 spiro atoms. The number of amides is 1. The van der Waals surface area contributed by atoms with E-state index in [1.807, 2.05) is 0 Å². The van der Waals surface area contributed by atoms with Crippen molar-refractivity contribution in [3.8, 4) is 0 Å². The van der Waals surface area contributed by atoms with Crippen LogP contribution in [0.4, 0.5) is 0 Å². The van der Waals surface area contributed by atoms with Gasteiger partial charge in [-0.05, 0) is 12.8 Å². The molecule has 2 unspecified atom stereocenters. The topological polar surface area (TPSA) is 69.6 Å². The van der Waals surface area contributed by atoms with E-state index in [0.29, 0.717) is 12.8 Å².